The smallest absolute Gasteiger partial charge is 0.133 e. The number of Topliss-reactive ketones (excluding diaryl/α,β-unsaturated/α-hetero) is 1. The molecular weight excluding hydrogens is 202 g/mol. The first kappa shape index (κ1) is 12.1. The Bertz CT molecular complexity index is 244. The largest absolute Gasteiger partial charge is 0.380 e. The Morgan fingerprint density at radius 3 is 2.56 bits per heavy atom. The van der Waals surface area contributed by atoms with Crippen molar-refractivity contribution < 1.29 is 9.53 Å². The first-order valence-electron chi connectivity index (χ1n) is 6.49. The molecule has 2 fully saturated rings. The predicted octanol–water partition coefficient (Wildman–Crippen LogP) is 1.85. The normalized spacial score (nSPS) is 34.2. The van der Waals surface area contributed by atoms with Crippen LogP contribution in [0.4, 0.5) is 0 Å². The van der Waals surface area contributed by atoms with Crippen molar-refractivity contribution in [3.8, 4) is 0 Å². The van der Waals surface area contributed by atoms with Crippen molar-refractivity contribution in [2.24, 2.45) is 5.92 Å². The maximum Gasteiger partial charge on any atom is 0.133 e. The lowest BCUT2D eigenvalue weighted by atomic mass is 9.89. The van der Waals surface area contributed by atoms with Crippen molar-refractivity contribution in [2.45, 2.75) is 51.2 Å². The van der Waals surface area contributed by atoms with E-state index in [9.17, 15) is 4.79 Å². The van der Waals surface area contributed by atoms with E-state index in [0.29, 0.717) is 23.8 Å². The Balaban J connectivity index is 1.88. The first-order valence-corrected chi connectivity index (χ1v) is 6.49. The minimum atomic E-state index is 0.381. The molecule has 0 aromatic heterocycles. The predicted molar refractivity (Wildman–Crippen MR) is 63.4 cm³/mol. The highest BCUT2D eigenvalue weighted by Gasteiger charge is 2.31. The number of carbonyl (C=O) groups excluding carboxylic acids is 1. The third-order valence-corrected chi connectivity index (χ3v) is 4.25. The monoisotopic (exact) mass is 225 g/mol. The van der Waals surface area contributed by atoms with E-state index in [0.717, 1.165) is 32.2 Å². The number of ether oxygens (including phenoxy) is 1. The molecule has 0 spiro atoms. The van der Waals surface area contributed by atoms with E-state index in [4.69, 9.17) is 4.74 Å². The molecule has 16 heavy (non-hydrogen) atoms. The molecule has 0 aromatic carbocycles. The molecule has 0 N–H and O–H groups in total. The Morgan fingerprint density at radius 2 is 1.94 bits per heavy atom. The van der Waals surface area contributed by atoms with E-state index in [1.165, 1.54) is 13.0 Å². The highest BCUT2D eigenvalue weighted by molar-refractivity contribution is 5.79. The average molecular weight is 225 g/mol. The fourth-order valence-electron chi connectivity index (χ4n) is 2.99. The van der Waals surface area contributed by atoms with Crippen LogP contribution < -0.4 is 0 Å². The third-order valence-electron chi connectivity index (χ3n) is 4.25. The van der Waals surface area contributed by atoms with Crippen LogP contribution in [0, 0.1) is 5.92 Å². The lowest BCUT2D eigenvalue weighted by molar-refractivity contribution is -0.121. The van der Waals surface area contributed by atoms with Gasteiger partial charge in [0.2, 0.25) is 0 Å². The fraction of sp³-hybridized carbons (Fsp3) is 0.923. The van der Waals surface area contributed by atoms with E-state index in [1.807, 2.05) is 7.11 Å². The summed E-state index contributed by atoms with van der Waals surface area (Å²) in [6, 6.07) is 0.628. The van der Waals surface area contributed by atoms with Crippen LogP contribution in [-0.4, -0.2) is 43.0 Å². The van der Waals surface area contributed by atoms with Crippen molar-refractivity contribution in [3.63, 3.8) is 0 Å². The summed E-state index contributed by atoms with van der Waals surface area (Å²) >= 11 is 0. The van der Waals surface area contributed by atoms with Gasteiger partial charge in [0.15, 0.2) is 0 Å². The fourth-order valence-corrected chi connectivity index (χ4v) is 2.99. The van der Waals surface area contributed by atoms with E-state index in [1.54, 1.807) is 0 Å². The van der Waals surface area contributed by atoms with Crippen LogP contribution in [0.2, 0.25) is 0 Å². The van der Waals surface area contributed by atoms with Gasteiger partial charge in [-0.15, -0.1) is 0 Å². The minimum absolute atomic E-state index is 0.381. The summed E-state index contributed by atoms with van der Waals surface area (Å²) in [6.45, 7) is 4.51. The van der Waals surface area contributed by atoms with Crippen LogP contribution in [-0.2, 0) is 9.53 Å². The molecule has 0 bridgehead atoms. The molecule has 2 aliphatic rings. The van der Waals surface area contributed by atoms with Gasteiger partial charge < -0.3 is 4.74 Å². The minimum Gasteiger partial charge on any atom is -0.380 e. The number of carbonyl (C=O) groups is 1. The number of hydrogen-bond acceptors (Lipinski definition) is 3. The third kappa shape index (κ3) is 2.64. The first-order chi connectivity index (χ1) is 7.70. The lowest BCUT2D eigenvalue weighted by Crippen LogP contribution is -2.49. The van der Waals surface area contributed by atoms with Gasteiger partial charge in [-0.2, -0.15) is 0 Å². The van der Waals surface area contributed by atoms with Gasteiger partial charge in [-0.25, -0.2) is 0 Å². The van der Waals surface area contributed by atoms with Crippen molar-refractivity contribution >= 4 is 5.78 Å². The second kappa shape index (κ2) is 5.28. The Hall–Kier alpha value is -0.410. The Morgan fingerprint density at radius 1 is 1.25 bits per heavy atom. The molecule has 1 aliphatic heterocycles. The molecule has 1 aliphatic carbocycles. The number of nitrogens with zero attached hydrogens (tertiary/aromatic N) is 1. The molecule has 92 valence electrons. The zero-order valence-corrected chi connectivity index (χ0v) is 10.4. The van der Waals surface area contributed by atoms with Crippen LogP contribution in [0.5, 0.6) is 0 Å². The molecule has 0 amide bonds. The van der Waals surface area contributed by atoms with Gasteiger partial charge in [0.25, 0.3) is 0 Å². The second-order valence-corrected chi connectivity index (χ2v) is 5.30. The van der Waals surface area contributed by atoms with Gasteiger partial charge >= 0.3 is 0 Å². The highest BCUT2D eigenvalue weighted by atomic mass is 16.5. The van der Waals surface area contributed by atoms with Crippen molar-refractivity contribution in [2.75, 3.05) is 20.2 Å². The van der Waals surface area contributed by atoms with Gasteiger partial charge in [-0.3, -0.25) is 9.69 Å². The lowest BCUT2D eigenvalue weighted by Gasteiger charge is -2.41. The molecule has 0 aromatic rings. The molecule has 1 saturated carbocycles. The molecule has 2 atom stereocenters. The summed E-state index contributed by atoms with van der Waals surface area (Å²) in [7, 11) is 1.81. The molecule has 2 rings (SSSR count). The molecular formula is C13H23NO2. The zero-order valence-electron chi connectivity index (χ0n) is 10.4. The van der Waals surface area contributed by atoms with Gasteiger partial charge in [0.05, 0.1) is 6.10 Å². The van der Waals surface area contributed by atoms with Crippen molar-refractivity contribution in [1.29, 1.82) is 0 Å². The summed E-state index contributed by atoms with van der Waals surface area (Å²) in [5.74, 6) is 1.12. The average Bonchev–Trinajstić information content (AvgIpc) is 2.31. The van der Waals surface area contributed by atoms with Crippen LogP contribution in [0.1, 0.15) is 39.0 Å². The zero-order chi connectivity index (χ0) is 11.5. The van der Waals surface area contributed by atoms with Crippen molar-refractivity contribution in [3.05, 3.63) is 0 Å². The summed E-state index contributed by atoms with van der Waals surface area (Å²) in [5.41, 5.74) is 0. The number of methoxy groups -OCH3 is 1. The van der Waals surface area contributed by atoms with E-state index in [-0.39, 0.29) is 0 Å². The number of piperidine rings is 1. The molecule has 1 saturated heterocycles. The summed E-state index contributed by atoms with van der Waals surface area (Å²) in [4.78, 5) is 13.8. The van der Waals surface area contributed by atoms with Gasteiger partial charge in [0.1, 0.15) is 5.78 Å². The van der Waals surface area contributed by atoms with E-state index < -0.39 is 0 Å². The maximum atomic E-state index is 11.2. The Kier molecular flexibility index (Phi) is 3.98. The van der Waals surface area contributed by atoms with Crippen molar-refractivity contribution in [1.82, 2.24) is 4.90 Å². The van der Waals surface area contributed by atoms with E-state index >= 15 is 0 Å². The van der Waals surface area contributed by atoms with Crippen LogP contribution in [0.25, 0.3) is 0 Å². The summed E-state index contributed by atoms with van der Waals surface area (Å²) in [5, 5.41) is 0. The highest BCUT2D eigenvalue weighted by Crippen LogP contribution is 2.26. The van der Waals surface area contributed by atoms with Crippen LogP contribution in [0.3, 0.4) is 0 Å². The van der Waals surface area contributed by atoms with Gasteiger partial charge in [-0.1, -0.05) is 6.92 Å². The maximum absolute atomic E-state index is 11.2. The molecule has 3 nitrogen and oxygen atoms in total. The van der Waals surface area contributed by atoms with Gasteiger partial charge in [-0.05, 0) is 31.7 Å². The SMILES string of the molecule is COC1CN(C2CCC(=O)CC2)CCC1C. The summed E-state index contributed by atoms with van der Waals surface area (Å²) in [6.07, 6.45) is 5.30. The molecule has 3 heteroatoms. The quantitative estimate of drug-likeness (QED) is 0.718. The van der Waals surface area contributed by atoms with Crippen LogP contribution in [0.15, 0.2) is 0 Å². The standard InChI is InChI=1S/C13H23NO2/c1-10-7-8-14(9-13(10)16-2)11-3-5-12(15)6-4-11/h10-11,13H,3-9H2,1-2H3. The molecule has 0 radical (unpaired) electrons. The molecule has 1 heterocycles. The van der Waals surface area contributed by atoms with Crippen LogP contribution >= 0.6 is 0 Å². The molecule has 2 unspecified atom stereocenters. The summed E-state index contributed by atoms with van der Waals surface area (Å²) < 4.78 is 5.54. The second-order valence-electron chi connectivity index (χ2n) is 5.30. The topological polar surface area (TPSA) is 29.5 Å². The number of rotatable bonds is 2. The number of ketones is 1. The van der Waals surface area contributed by atoms with Gasteiger partial charge in [0, 0.05) is 32.5 Å². The number of likely N-dealkylation sites (tertiary alicyclic amines) is 1. The Labute approximate surface area is 98.1 Å². The number of hydrogen-bond donors (Lipinski definition) is 0. The van der Waals surface area contributed by atoms with E-state index in [2.05, 4.69) is 11.8 Å².